The summed E-state index contributed by atoms with van der Waals surface area (Å²) in [6.07, 6.45) is 8.84. The van der Waals surface area contributed by atoms with Gasteiger partial charge in [-0.1, -0.05) is 0 Å². The van der Waals surface area contributed by atoms with Crippen LogP contribution in [0.5, 0.6) is 0 Å². The molecule has 0 bridgehead atoms. The van der Waals surface area contributed by atoms with E-state index in [9.17, 15) is 0 Å². The monoisotopic (exact) mass is 382 g/mol. The number of rotatable bonds is 2. The summed E-state index contributed by atoms with van der Waals surface area (Å²) in [4.78, 5) is 2.76. The largest absolute Gasteiger partial charge is 0.316 e. The number of aromatic nitrogens is 2. The molecule has 2 saturated heterocycles. The molecular formula is C16H29Cl3N4. The van der Waals surface area contributed by atoms with Crippen molar-refractivity contribution in [3.8, 4) is 0 Å². The molecule has 0 aromatic carbocycles. The molecule has 0 amide bonds. The molecule has 0 radical (unpaired) electrons. The summed E-state index contributed by atoms with van der Waals surface area (Å²) in [6, 6.07) is 3.07. The molecule has 1 aromatic heterocycles. The molecule has 0 unspecified atom stereocenters. The lowest BCUT2D eigenvalue weighted by molar-refractivity contribution is 0.00132. The van der Waals surface area contributed by atoms with Gasteiger partial charge in [-0.15, -0.1) is 37.2 Å². The van der Waals surface area contributed by atoms with E-state index in [-0.39, 0.29) is 37.2 Å². The van der Waals surface area contributed by atoms with Gasteiger partial charge in [0.25, 0.3) is 0 Å². The lowest BCUT2D eigenvalue weighted by Gasteiger charge is -2.51. The fourth-order valence-electron chi connectivity index (χ4n) is 4.69. The highest BCUT2D eigenvalue weighted by atomic mass is 35.5. The third-order valence-corrected chi connectivity index (χ3v) is 5.99. The quantitative estimate of drug-likeness (QED) is 0.852. The predicted octanol–water partition coefficient (Wildman–Crippen LogP) is 3.01. The number of nitrogens with zero attached hydrogens (tertiary/aromatic N) is 3. The van der Waals surface area contributed by atoms with Gasteiger partial charge in [-0.2, -0.15) is 5.10 Å². The minimum atomic E-state index is 0. The summed E-state index contributed by atoms with van der Waals surface area (Å²) in [7, 11) is 2.07. The average molecular weight is 384 g/mol. The number of piperidine rings is 1. The molecule has 1 spiro atoms. The first-order valence-electron chi connectivity index (χ1n) is 8.18. The highest BCUT2D eigenvalue weighted by Crippen LogP contribution is 2.48. The second-order valence-electron chi connectivity index (χ2n) is 7.18. The summed E-state index contributed by atoms with van der Waals surface area (Å²) in [5, 5.41) is 7.86. The van der Waals surface area contributed by atoms with E-state index < -0.39 is 0 Å². The van der Waals surface area contributed by atoms with Gasteiger partial charge in [0, 0.05) is 37.4 Å². The number of halogens is 3. The second kappa shape index (κ2) is 8.39. The maximum atomic E-state index is 4.32. The minimum Gasteiger partial charge on any atom is -0.316 e. The molecule has 0 atom stereocenters. The molecule has 23 heavy (non-hydrogen) atoms. The summed E-state index contributed by atoms with van der Waals surface area (Å²) >= 11 is 0. The summed E-state index contributed by atoms with van der Waals surface area (Å²) in [5.74, 6) is 0.723. The van der Waals surface area contributed by atoms with Gasteiger partial charge >= 0.3 is 0 Å². The van der Waals surface area contributed by atoms with Crippen molar-refractivity contribution in [1.82, 2.24) is 20.0 Å². The SMILES string of the molecule is Cl.Cl.Cl.Cn1nccc1C1CCN(C2CC3(CCNC3)C2)CC1. The average Bonchev–Trinajstić information content (AvgIpc) is 3.06. The molecule has 1 N–H and O–H groups in total. The summed E-state index contributed by atoms with van der Waals surface area (Å²) in [5.41, 5.74) is 2.11. The van der Waals surface area contributed by atoms with Crippen LogP contribution in [0.3, 0.4) is 0 Å². The van der Waals surface area contributed by atoms with E-state index in [1.54, 1.807) is 0 Å². The van der Waals surface area contributed by atoms with Crippen molar-refractivity contribution in [2.24, 2.45) is 12.5 Å². The third-order valence-electron chi connectivity index (χ3n) is 5.99. The molecule has 134 valence electrons. The van der Waals surface area contributed by atoms with Crippen molar-refractivity contribution >= 4 is 37.2 Å². The zero-order chi connectivity index (χ0) is 13.6. The molecular weight excluding hydrogens is 355 g/mol. The topological polar surface area (TPSA) is 33.1 Å². The van der Waals surface area contributed by atoms with Crippen LogP contribution >= 0.6 is 37.2 Å². The van der Waals surface area contributed by atoms with Crippen molar-refractivity contribution < 1.29 is 0 Å². The zero-order valence-corrected chi connectivity index (χ0v) is 16.2. The van der Waals surface area contributed by atoms with Crippen LogP contribution in [0.25, 0.3) is 0 Å². The normalized spacial score (nSPS) is 30.9. The van der Waals surface area contributed by atoms with Crippen molar-refractivity contribution in [1.29, 1.82) is 0 Å². The van der Waals surface area contributed by atoms with Gasteiger partial charge < -0.3 is 10.2 Å². The first-order chi connectivity index (χ1) is 9.76. The Bertz CT molecular complexity index is 471. The molecule has 3 heterocycles. The smallest absolute Gasteiger partial charge is 0.0492 e. The Kier molecular flexibility index (Phi) is 7.68. The Labute approximate surface area is 158 Å². The van der Waals surface area contributed by atoms with E-state index in [1.165, 1.54) is 64.0 Å². The van der Waals surface area contributed by atoms with Crippen LogP contribution in [0.2, 0.25) is 0 Å². The van der Waals surface area contributed by atoms with Crippen LogP contribution in [-0.2, 0) is 7.05 Å². The molecule has 1 aliphatic carbocycles. The number of nitrogens with one attached hydrogen (secondary N) is 1. The van der Waals surface area contributed by atoms with Gasteiger partial charge in [-0.25, -0.2) is 0 Å². The van der Waals surface area contributed by atoms with Gasteiger partial charge in [0.05, 0.1) is 0 Å². The van der Waals surface area contributed by atoms with Crippen LogP contribution in [0.15, 0.2) is 12.3 Å². The molecule has 3 aliphatic rings. The Hall–Kier alpha value is -0.0000000000000000971. The predicted molar refractivity (Wildman–Crippen MR) is 101 cm³/mol. The number of hydrogen-bond donors (Lipinski definition) is 1. The number of aryl methyl sites for hydroxylation is 1. The zero-order valence-electron chi connectivity index (χ0n) is 13.7. The van der Waals surface area contributed by atoms with E-state index in [1.807, 2.05) is 6.20 Å². The Morgan fingerprint density at radius 1 is 1.17 bits per heavy atom. The summed E-state index contributed by atoms with van der Waals surface area (Å²) < 4.78 is 2.06. The Morgan fingerprint density at radius 3 is 2.39 bits per heavy atom. The van der Waals surface area contributed by atoms with Crippen LogP contribution < -0.4 is 5.32 Å². The number of hydrogen-bond acceptors (Lipinski definition) is 3. The fourth-order valence-corrected chi connectivity index (χ4v) is 4.69. The third kappa shape index (κ3) is 3.98. The number of likely N-dealkylation sites (tertiary alicyclic amines) is 1. The van der Waals surface area contributed by atoms with Gasteiger partial charge in [-0.05, 0) is 63.2 Å². The van der Waals surface area contributed by atoms with E-state index in [0.29, 0.717) is 5.41 Å². The van der Waals surface area contributed by atoms with Gasteiger partial charge in [0.2, 0.25) is 0 Å². The van der Waals surface area contributed by atoms with E-state index in [0.717, 1.165) is 12.0 Å². The maximum absolute atomic E-state index is 4.32. The van der Waals surface area contributed by atoms with Gasteiger partial charge in [0.1, 0.15) is 0 Å². The van der Waals surface area contributed by atoms with Gasteiger partial charge in [-0.3, -0.25) is 4.68 Å². The molecule has 4 nitrogen and oxygen atoms in total. The molecule has 4 rings (SSSR count). The lowest BCUT2D eigenvalue weighted by Crippen LogP contribution is -2.53. The standard InChI is InChI=1S/C16H26N4.3ClH/c1-19-15(2-6-18-19)13-3-8-20(9-4-13)14-10-16(11-14)5-7-17-12-16;;;/h2,6,13-14,17H,3-5,7-12H2,1H3;3*1H. The molecule has 7 heteroatoms. The maximum Gasteiger partial charge on any atom is 0.0492 e. The van der Waals surface area contributed by atoms with Crippen molar-refractivity contribution in [2.75, 3.05) is 26.2 Å². The Balaban J connectivity index is 0.000000882. The summed E-state index contributed by atoms with van der Waals surface area (Å²) in [6.45, 7) is 5.08. The highest BCUT2D eigenvalue weighted by molar-refractivity contribution is 5.86. The first-order valence-corrected chi connectivity index (χ1v) is 8.18. The van der Waals surface area contributed by atoms with Crippen molar-refractivity contribution in [2.45, 2.75) is 44.1 Å². The molecule has 1 saturated carbocycles. The van der Waals surface area contributed by atoms with Crippen molar-refractivity contribution in [3.63, 3.8) is 0 Å². The molecule has 2 aliphatic heterocycles. The molecule has 1 aromatic rings. The fraction of sp³-hybridized carbons (Fsp3) is 0.812. The van der Waals surface area contributed by atoms with Gasteiger partial charge in [0.15, 0.2) is 0 Å². The van der Waals surface area contributed by atoms with E-state index >= 15 is 0 Å². The van der Waals surface area contributed by atoms with Crippen LogP contribution in [0.4, 0.5) is 0 Å². The minimum absolute atomic E-state index is 0. The van der Waals surface area contributed by atoms with E-state index in [4.69, 9.17) is 0 Å². The molecule has 3 fully saturated rings. The van der Waals surface area contributed by atoms with Crippen LogP contribution in [0.1, 0.15) is 43.7 Å². The Morgan fingerprint density at radius 2 is 1.87 bits per heavy atom. The van der Waals surface area contributed by atoms with Crippen molar-refractivity contribution in [3.05, 3.63) is 18.0 Å². The van der Waals surface area contributed by atoms with E-state index in [2.05, 4.69) is 33.1 Å². The highest BCUT2D eigenvalue weighted by Gasteiger charge is 2.48. The lowest BCUT2D eigenvalue weighted by atomic mass is 9.64. The first kappa shape index (κ1) is 21.0. The van der Waals surface area contributed by atoms with Crippen LogP contribution in [0, 0.1) is 5.41 Å². The second-order valence-corrected chi connectivity index (χ2v) is 7.18. The van der Waals surface area contributed by atoms with Crippen LogP contribution in [-0.4, -0.2) is 46.9 Å².